The number of nitrogens with zero attached hydrogens (tertiary/aromatic N) is 2. The van der Waals surface area contributed by atoms with Crippen LogP contribution in [-0.2, 0) is 46.3 Å². The van der Waals surface area contributed by atoms with Crippen LogP contribution in [0.2, 0.25) is 0 Å². The fourth-order valence-electron chi connectivity index (χ4n) is 11.1. The summed E-state index contributed by atoms with van der Waals surface area (Å²) >= 11 is 0. The summed E-state index contributed by atoms with van der Waals surface area (Å²) in [5.74, 6) is 0.0101. The van der Waals surface area contributed by atoms with Crippen molar-refractivity contribution in [3.8, 4) is 34.5 Å². The molecule has 2 heterocycles. The number of piperidine rings is 2. The van der Waals surface area contributed by atoms with Gasteiger partial charge in [0.1, 0.15) is 12.1 Å². The van der Waals surface area contributed by atoms with E-state index in [9.17, 15) is 28.8 Å². The number of carbonyl (C=O) groups is 6. The van der Waals surface area contributed by atoms with E-state index in [1.165, 1.54) is 9.80 Å². The Morgan fingerprint density at radius 2 is 1.03 bits per heavy atom. The zero-order chi connectivity index (χ0) is 49.5. The molecule has 3 amide bonds. The lowest BCUT2D eigenvalue weighted by Crippen LogP contribution is -2.55. The topological polar surface area (TPSA) is 186 Å². The van der Waals surface area contributed by atoms with Gasteiger partial charge in [-0.3, -0.25) is 24.0 Å². The molecule has 2 aliphatic carbocycles. The number of esters is 1. The number of hydrogen-bond donors (Lipinski definition) is 1. The van der Waals surface area contributed by atoms with Crippen LogP contribution >= 0.6 is 0 Å². The summed E-state index contributed by atoms with van der Waals surface area (Å²) < 4.78 is 38.7. The van der Waals surface area contributed by atoms with Gasteiger partial charge >= 0.3 is 5.97 Å². The average Bonchev–Trinajstić information content (AvgIpc) is 3.40. The smallest absolute Gasteiger partial charge is 0.328 e. The Morgan fingerprint density at radius 1 is 0.522 bits per heavy atom. The van der Waals surface area contributed by atoms with Gasteiger partial charge in [-0.05, 0) is 150 Å². The number of amides is 3. The predicted octanol–water partition coefficient (Wildman–Crippen LogP) is 6.87. The van der Waals surface area contributed by atoms with Crippen LogP contribution in [0, 0.1) is 23.7 Å². The van der Waals surface area contributed by atoms with E-state index in [1.54, 1.807) is 42.7 Å². The van der Waals surface area contributed by atoms with Crippen LogP contribution in [0.1, 0.15) is 120 Å². The molecule has 16 heteroatoms. The highest BCUT2D eigenvalue weighted by Crippen LogP contribution is 2.42. The standard InChI is InChI=1S/C53H75N3O13/c1-63-42-29-34(30-43(64-2)48(42)67-5)15-11-13-28-69-53(62)41-33-39(24-27-56(41)52(61)46(57)37-17-8-7-9-18-37)36-20-22-38(23-21-36)47(58)51(60)55-26-12-10-19-40(55)50(59)54-25-14-16-35-31-44(65-3)49(68-6)45(32-35)66-4/h29-32,36-41H,7-28,33H2,1-6H3,(H,54,59). The molecule has 2 saturated heterocycles. The molecule has 0 spiro atoms. The minimum Gasteiger partial charge on any atom is -0.493 e. The van der Waals surface area contributed by atoms with Crippen molar-refractivity contribution in [1.82, 2.24) is 15.1 Å². The molecule has 0 bridgehead atoms. The van der Waals surface area contributed by atoms with Crippen LogP contribution in [0.4, 0.5) is 0 Å². The van der Waals surface area contributed by atoms with Gasteiger partial charge in [0.25, 0.3) is 11.8 Å². The third-order valence-corrected chi connectivity index (χ3v) is 14.9. The van der Waals surface area contributed by atoms with Crippen LogP contribution in [0.25, 0.3) is 0 Å². The number of ketones is 2. The van der Waals surface area contributed by atoms with E-state index in [0.717, 1.165) is 49.7 Å². The molecule has 2 aromatic rings. The van der Waals surface area contributed by atoms with E-state index < -0.39 is 47.4 Å². The number of likely N-dealkylation sites (tertiary alicyclic amines) is 2. The second kappa shape index (κ2) is 25.9. The number of methoxy groups -OCH3 is 6. The Hall–Kier alpha value is -5.54. The SMILES string of the molecule is COc1cc(CCCCOC(=O)C2CC(C3CCC(C(=O)C(=O)N4CCCCC4C(=O)NCCCc4cc(OC)c(OC)c(OC)c4)CC3)CCN2C(=O)C(=O)C2CCCCC2)cc(OC)c1OC. The van der Waals surface area contributed by atoms with Crippen LogP contribution in [-0.4, -0.2) is 126 Å². The highest BCUT2D eigenvalue weighted by molar-refractivity contribution is 6.37. The minimum atomic E-state index is -0.878. The summed E-state index contributed by atoms with van der Waals surface area (Å²) in [5.41, 5.74) is 1.95. The lowest BCUT2D eigenvalue weighted by Gasteiger charge is -2.42. The lowest BCUT2D eigenvalue weighted by molar-refractivity contribution is -0.162. The first-order chi connectivity index (χ1) is 33.5. The third-order valence-electron chi connectivity index (χ3n) is 14.9. The van der Waals surface area contributed by atoms with E-state index in [-0.39, 0.29) is 36.8 Å². The molecular formula is C53H75N3O13. The number of ether oxygens (including phenoxy) is 7. The molecule has 0 aromatic heterocycles. The fraction of sp³-hybridized carbons (Fsp3) is 0.660. The lowest BCUT2D eigenvalue weighted by atomic mass is 9.70. The van der Waals surface area contributed by atoms with Crippen LogP contribution in [0.15, 0.2) is 24.3 Å². The van der Waals surface area contributed by atoms with E-state index >= 15 is 0 Å². The molecule has 6 rings (SSSR count). The molecule has 380 valence electrons. The number of aryl methyl sites for hydroxylation is 2. The summed E-state index contributed by atoms with van der Waals surface area (Å²) in [6.07, 6.45) is 13.0. The van der Waals surface area contributed by atoms with Crippen molar-refractivity contribution in [3.63, 3.8) is 0 Å². The van der Waals surface area contributed by atoms with E-state index in [2.05, 4.69) is 5.32 Å². The van der Waals surface area contributed by atoms with Gasteiger partial charge in [0.2, 0.25) is 29.0 Å². The van der Waals surface area contributed by atoms with Crippen LogP contribution in [0.5, 0.6) is 34.5 Å². The predicted molar refractivity (Wildman–Crippen MR) is 257 cm³/mol. The molecule has 2 aliphatic heterocycles. The number of benzene rings is 2. The number of Topliss-reactive ketones (excluding diaryl/α,β-unsaturated/α-hetero) is 2. The molecule has 16 nitrogen and oxygen atoms in total. The normalized spacial score (nSPS) is 21.9. The Labute approximate surface area is 407 Å². The van der Waals surface area contributed by atoms with Gasteiger partial charge in [-0.15, -0.1) is 0 Å². The molecule has 0 radical (unpaired) electrons. The molecule has 1 N–H and O–H groups in total. The Balaban J connectivity index is 1.01. The number of hydrogen-bond acceptors (Lipinski definition) is 13. The Morgan fingerprint density at radius 3 is 1.57 bits per heavy atom. The molecule has 4 fully saturated rings. The quantitative estimate of drug-likeness (QED) is 0.0734. The maximum absolute atomic E-state index is 13.9. The van der Waals surface area contributed by atoms with Crippen LogP contribution < -0.4 is 33.7 Å². The highest BCUT2D eigenvalue weighted by atomic mass is 16.5. The van der Waals surface area contributed by atoms with Crippen molar-refractivity contribution < 1.29 is 61.9 Å². The monoisotopic (exact) mass is 962 g/mol. The first-order valence-electron chi connectivity index (χ1n) is 25.2. The van der Waals surface area contributed by atoms with Crippen molar-refractivity contribution in [1.29, 1.82) is 0 Å². The number of carbonyl (C=O) groups excluding carboxylic acids is 6. The summed E-state index contributed by atoms with van der Waals surface area (Å²) in [5, 5.41) is 3.01. The minimum absolute atomic E-state index is 0.0760. The van der Waals surface area contributed by atoms with Gasteiger partial charge in [0, 0.05) is 31.5 Å². The summed E-state index contributed by atoms with van der Waals surface area (Å²) in [4.78, 5) is 85.6. The van der Waals surface area contributed by atoms with Gasteiger partial charge in [-0.25, -0.2) is 4.79 Å². The number of nitrogens with one attached hydrogen (secondary N) is 1. The molecule has 2 saturated carbocycles. The highest BCUT2D eigenvalue weighted by Gasteiger charge is 2.45. The summed E-state index contributed by atoms with van der Waals surface area (Å²) in [6, 6.07) is 5.99. The molecule has 69 heavy (non-hydrogen) atoms. The maximum atomic E-state index is 13.9. The first-order valence-corrected chi connectivity index (χ1v) is 25.2. The van der Waals surface area contributed by atoms with Crippen molar-refractivity contribution in [2.24, 2.45) is 23.7 Å². The van der Waals surface area contributed by atoms with Gasteiger partial charge in [-0.2, -0.15) is 0 Å². The summed E-state index contributed by atoms with van der Waals surface area (Å²) in [6.45, 7) is 1.20. The van der Waals surface area contributed by atoms with E-state index in [0.29, 0.717) is 131 Å². The second-order valence-corrected chi connectivity index (χ2v) is 19.1. The molecular weight excluding hydrogens is 887 g/mol. The van der Waals surface area contributed by atoms with Gasteiger partial charge in [0.05, 0.1) is 49.3 Å². The summed E-state index contributed by atoms with van der Waals surface area (Å²) in [7, 11) is 9.39. The van der Waals surface area contributed by atoms with Crippen LogP contribution in [0.3, 0.4) is 0 Å². The first kappa shape index (κ1) is 52.8. The largest absolute Gasteiger partial charge is 0.493 e. The van der Waals surface area contributed by atoms with Gasteiger partial charge in [0.15, 0.2) is 23.0 Å². The fourth-order valence-corrected chi connectivity index (χ4v) is 11.1. The number of unbranched alkanes of at least 4 members (excludes halogenated alkanes) is 1. The average molecular weight is 962 g/mol. The zero-order valence-electron chi connectivity index (χ0n) is 41.7. The van der Waals surface area contributed by atoms with E-state index in [4.69, 9.17) is 33.2 Å². The van der Waals surface area contributed by atoms with Crippen molar-refractivity contribution >= 4 is 35.3 Å². The maximum Gasteiger partial charge on any atom is 0.328 e. The van der Waals surface area contributed by atoms with E-state index in [1.807, 2.05) is 24.3 Å². The van der Waals surface area contributed by atoms with Crippen molar-refractivity contribution in [2.75, 3.05) is 68.9 Å². The third kappa shape index (κ3) is 13.2. The molecule has 3 unspecified atom stereocenters. The van der Waals surface area contributed by atoms with Crippen molar-refractivity contribution in [2.45, 2.75) is 134 Å². The zero-order valence-corrected chi connectivity index (χ0v) is 41.7. The molecule has 3 atom stereocenters. The Bertz CT molecular complexity index is 2050. The van der Waals surface area contributed by atoms with Gasteiger partial charge < -0.3 is 48.3 Å². The van der Waals surface area contributed by atoms with Crippen molar-refractivity contribution in [3.05, 3.63) is 35.4 Å². The second-order valence-electron chi connectivity index (χ2n) is 19.1. The Kier molecular flexibility index (Phi) is 19.8. The molecule has 4 aliphatic rings. The molecule has 2 aromatic carbocycles. The van der Waals surface area contributed by atoms with Gasteiger partial charge in [-0.1, -0.05) is 19.3 Å². The number of rotatable bonds is 22.